The van der Waals surface area contributed by atoms with Gasteiger partial charge in [-0.15, -0.1) is 0 Å². The smallest absolute Gasteiger partial charge is 0.198 e. The van der Waals surface area contributed by atoms with Crippen LogP contribution in [-0.2, 0) is 0 Å². The molecule has 4 nitrogen and oxygen atoms in total. The summed E-state index contributed by atoms with van der Waals surface area (Å²) < 4.78 is 5.95. The molecule has 0 bridgehead atoms. The van der Waals surface area contributed by atoms with Gasteiger partial charge in [-0.2, -0.15) is 0 Å². The summed E-state index contributed by atoms with van der Waals surface area (Å²) in [7, 11) is 0. The highest BCUT2D eigenvalue weighted by atomic mass is 16.5. The van der Waals surface area contributed by atoms with Crippen molar-refractivity contribution in [1.29, 1.82) is 0 Å². The minimum absolute atomic E-state index is 0.197. The first-order valence-corrected chi connectivity index (χ1v) is 9.63. The van der Waals surface area contributed by atoms with Crippen molar-refractivity contribution in [2.45, 2.75) is 0 Å². The van der Waals surface area contributed by atoms with Gasteiger partial charge >= 0.3 is 0 Å². The third kappa shape index (κ3) is 3.05. The summed E-state index contributed by atoms with van der Waals surface area (Å²) in [5, 5.41) is 3.26. The van der Waals surface area contributed by atoms with Crippen LogP contribution in [0, 0.1) is 0 Å². The molecule has 30 heavy (non-hydrogen) atoms. The van der Waals surface area contributed by atoms with Crippen molar-refractivity contribution in [3.63, 3.8) is 0 Å². The Labute approximate surface area is 173 Å². The average Bonchev–Trinajstić information content (AvgIpc) is 2.79. The van der Waals surface area contributed by atoms with Crippen LogP contribution in [-0.4, -0.2) is 11.6 Å². The lowest BCUT2D eigenvalue weighted by molar-refractivity contribution is 0.0977. The predicted molar refractivity (Wildman–Crippen MR) is 116 cm³/mol. The molecule has 4 heteroatoms. The molecule has 0 unspecified atom stereocenters. The molecule has 0 amide bonds. The van der Waals surface area contributed by atoms with Crippen molar-refractivity contribution in [2.75, 3.05) is 5.32 Å². The third-order valence-electron chi connectivity index (χ3n) is 5.06. The van der Waals surface area contributed by atoms with Gasteiger partial charge in [-0.25, -0.2) is 0 Å². The Bertz CT molecular complexity index is 1160. The summed E-state index contributed by atoms with van der Waals surface area (Å²) in [5.74, 6) is 0.570. The van der Waals surface area contributed by atoms with Gasteiger partial charge in [0.1, 0.15) is 11.5 Å². The molecule has 0 atom stereocenters. The minimum atomic E-state index is -0.220. The molecule has 0 saturated carbocycles. The van der Waals surface area contributed by atoms with Crippen molar-refractivity contribution in [2.24, 2.45) is 0 Å². The zero-order valence-corrected chi connectivity index (χ0v) is 16.0. The van der Waals surface area contributed by atoms with E-state index in [9.17, 15) is 9.59 Å². The lowest BCUT2D eigenvalue weighted by Crippen LogP contribution is -2.22. The quantitative estimate of drug-likeness (QED) is 0.408. The number of ketones is 2. The number of carbonyl (C=O) groups excluding carboxylic acids is 2. The van der Waals surface area contributed by atoms with Crippen molar-refractivity contribution < 1.29 is 14.3 Å². The Morgan fingerprint density at radius 1 is 0.567 bits per heavy atom. The van der Waals surface area contributed by atoms with E-state index in [1.54, 1.807) is 30.3 Å². The number of para-hydroxylation sites is 2. The number of nitrogens with one attached hydrogen (secondary N) is 1. The maximum Gasteiger partial charge on any atom is 0.198 e. The summed E-state index contributed by atoms with van der Waals surface area (Å²) in [4.78, 5) is 26.8. The number of carbonyl (C=O) groups is 2. The van der Waals surface area contributed by atoms with E-state index in [4.69, 9.17) is 4.74 Å². The highest BCUT2D eigenvalue weighted by Gasteiger charge is 2.34. The molecule has 4 aromatic rings. The second-order valence-corrected chi connectivity index (χ2v) is 6.97. The molecule has 0 radical (unpaired) electrons. The Morgan fingerprint density at radius 3 is 1.90 bits per heavy atom. The number of benzene rings is 4. The Hall–Kier alpha value is -4.18. The number of hydrogen-bond donors (Lipinski definition) is 1. The number of ether oxygens (including phenoxy) is 1. The van der Waals surface area contributed by atoms with Gasteiger partial charge < -0.3 is 10.1 Å². The number of hydrogen-bond acceptors (Lipinski definition) is 4. The molecule has 4 aromatic carbocycles. The second kappa shape index (κ2) is 7.33. The maximum atomic E-state index is 13.4. The standard InChI is InChI=1S/C26H17NO3/c28-25-20-14-8-16-22(30-18-11-5-2-6-12-18)24(20)26(29)19-13-7-15-21(23(19)25)27-17-9-3-1-4-10-17/h1-16,27H. The summed E-state index contributed by atoms with van der Waals surface area (Å²) in [6.45, 7) is 0. The highest BCUT2D eigenvalue weighted by molar-refractivity contribution is 6.31. The first-order chi connectivity index (χ1) is 14.7. The van der Waals surface area contributed by atoms with Crippen LogP contribution in [0.15, 0.2) is 97.1 Å². The van der Waals surface area contributed by atoms with Crippen molar-refractivity contribution in [3.05, 3.63) is 119 Å². The maximum absolute atomic E-state index is 13.4. The third-order valence-corrected chi connectivity index (χ3v) is 5.06. The summed E-state index contributed by atoms with van der Waals surface area (Å²) in [6, 6.07) is 29.2. The molecular weight excluding hydrogens is 374 g/mol. The van der Waals surface area contributed by atoms with E-state index >= 15 is 0 Å². The van der Waals surface area contributed by atoms with E-state index in [-0.39, 0.29) is 11.6 Å². The summed E-state index contributed by atoms with van der Waals surface area (Å²) in [6.07, 6.45) is 0. The molecule has 1 aliphatic rings. The zero-order valence-electron chi connectivity index (χ0n) is 16.0. The molecule has 1 N–H and O–H groups in total. The Morgan fingerprint density at radius 2 is 1.17 bits per heavy atom. The van der Waals surface area contributed by atoms with Crippen molar-refractivity contribution in [3.8, 4) is 11.5 Å². The van der Waals surface area contributed by atoms with Gasteiger partial charge in [-0.1, -0.05) is 60.7 Å². The first-order valence-electron chi connectivity index (χ1n) is 9.63. The fourth-order valence-corrected chi connectivity index (χ4v) is 3.69. The predicted octanol–water partition coefficient (Wildman–Crippen LogP) is 6.00. The van der Waals surface area contributed by atoms with E-state index in [2.05, 4.69) is 5.32 Å². The summed E-state index contributed by atoms with van der Waals surface area (Å²) >= 11 is 0. The van der Waals surface area contributed by atoms with E-state index in [0.717, 1.165) is 5.69 Å². The van der Waals surface area contributed by atoms with Crippen LogP contribution in [0.3, 0.4) is 0 Å². The van der Waals surface area contributed by atoms with Gasteiger partial charge in [-0.05, 0) is 36.4 Å². The molecule has 144 valence electrons. The zero-order chi connectivity index (χ0) is 20.5. The minimum Gasteiger partial charge on any atom is -0.457 e. The molecule has 0 aliphatic heterocycles. The van der Waals surface area contributed by atoms with Crippen LogP contribution in [0.1, 0.15) is 31.8 Å². The van der Waals surface area contributed by atoms with Crippen molar-refractivity contribution >= 4 is 22.9 Å². The Kier molecular flexibility index (Phi) is 4.37. The fraction of sp³-hybridized carbons (Fsp3) is 0. The van der Waals surface area contributed by atoms with Gasteiger partial charge in [0.15, 0.2) is 11.6 Å². The lowest BCUT2D eigenvalue weighted by atomic mass is 9.82. The number of rotatable bonds is 4. The van der Waals surface area contributed by atoms with Crippen LogP contribution in [0.2, 0.25) is 0 Å². The average molecular weight is 391 g/mol. The van der Waals surface area contributed by atoms with Crippen LogP contribution in [0.4, 0.5) is 11.4 Å². The lowest BCUT2D eigenvalue weighted by Gasteiger charge is -2.22. The first kappa shape index (κ1) is 17.9. The largest absolute Gasteiger partial charge is 0.457 e. The van der Waals surface area contributed by atoms with Crippen LogP contribution in [0.25, 0.3) is 0 Å². The number of fused-ring (bicyclic) bond motifs is 2. The van der Waals surface area contributed by atoms with Gasteiger partial charge in [0, 0.05) is 16.8 Å². The number of anilines is 2. The van der Waals surface area contributed by atoms with Crippen LogP contribution in [0.5, 0.6) is 11.5 Å². The van der Waals surface area contributed by atoms with Gasteiger partial charge in [0.25, 0.3) is 0 Å². The monoisotopic (exact) mass is 391 g/mol. The van der Waals surface area contributed by atoms with E-state index in [0.29, 0.717) is 39.4 Å². The normalized spacial score (nSPS) is 12.1. The highest BCUT2D eigenvalue weighted by Crippen LogP contribution is 2.38. The second-order valence-electron chi connectivity index (χ2n) is 6.97. The van der Waals surface area contributed by atoms with Crippen molar-refractivity contribution in [1.82, 2.24) is 0 Å². The van der Waals surface area contributed by atoms with Gasteiger partial charge in [0.2, 0.25) is 0 Å². The van der Waals surface area contributed by atoms with E-state index in [1.807, 2.05) is 66.7 Å². The SMILES string of the molecule is O=C1c2cccc(Oc3ccccc3)c2C(=O)c2cccc(Nc3ccccc3)c21. The topological polar surface area (TPSA) is 55.4 Å². The van der Waals surface area contributed by atoms with Gasteiger partial charge in [0.05, 0.1) is 16.8 Å². The Balaban J connectivity index is 1.60. The summed E-state index contributed by atoms with van der Waals surface area (Å²) in [5.41, 5.74) is 2.86. The molecule has 1 aliphatic carbocycles. The molecule has 0 saturated heterocycles. The fourth-order valence-electron chi connectivity index (χ4n) is 3.69. The molecule has 0 fully saturated rings. The van der Waals surface area contributed by atoms with Crippen LogP contribution >= 0.6 is 0 Å². The molecule has 0 aromatic heterocycles. The molecule has 5 rings (SSSR count). The van der Waals surface area contributed by atoms with Gasteiger partial charge in [-0.3, -0.25) is 9.59 Å². The molecular formula is C26H17NO3. The molecule has 0 spiro atoms. The van der Waals surface area contributed by atoms with Crippen LogP contribution < -0.4 is 10.1 Å². The molecule has 0 heterocycles. The van der Waals surface area contributed by atoms with E-state index < -0.39 is 0 Å². The van der Waals surface area contributed by atoms with E-state index in [1.165, 1.54) is 0 Å².